The molecule has 6 rings (SSSR count). The maximum Gasteiger partial charge on any atom is 0.415 e. The van der Waals surface area contributed by atoms with Crippen LogP contribution in [0.3, 0.4) is 0 Å². The van der Waals surface area contributed by atoms with Crippen LogP contribution >= 0.6 is 0 Å². The average Bonchev–Trinajstić information content (AvgIpc) is 3.55. The molecular weight excluding hydrogens is 432 g/mol. The minimum absolute atomic E-state index is 0.399. The standard InChI is InChI=1S/C25H26N6O3/c1-15-3-5-16(6-4-15)21-23(34-25(32)31-7-9-33-10-8-31)22(30(2)29-21)24-27-19-11-17-13-26-14-18(17)12-20(19)28-24/h3-6,11-12,26H,7-10,13-14H2,1-2H3,(H,27,28). The van der Waals surface area contributed by atoms with Crippen molar-refractivity contribution in [3.05, 3.63) is 53.1 Å². The molecule has 2 N–H and O–H groups in total. The number of ether oxygens (including phenoxy) is 2. The number of aryl methyl sites for hydroxylation is 2. The molecule has 0 radical (unpaired) electrons. The van der Waals surface area contributed by atoms with E-state index >= 15 is 0 Å². The number of aromatic nitrogens is 4. The van der Waals surface area contributed by atoms with Crippen LogP contribution in [0.15, 0.2) is 36.4 Å². The molecule has 34 heavy (non-hydrogen) atoms. The van der Waals surface area contributed by atoms with Gasteiger partial charge in [0.15, 0.2) is 11.6 Å². The quantitative estimate of drug-likeness (QED) is 0.489. The van der Waals surface area contributed by atoms with Gasteiger partial charge in [-0.05, 0) is 30.2 Å². The summed E-state index contributed by atoms with van der Waals surface area (Å²) in [5.74, 6) is 1.01. The van der Waals surface area contributed by atoms with E-state index in [0.29, 0.717) is 49.3 Å². The van der Waals surface area contributed by atoms with Crippen LogP contribution in [0.2, 0.25) is 0 Å². The number of carbonyl (C=O) groups excluding carboxylic acids is 1. The number of nitrogens with one attached hydrogen (secondary N) is 2. The van der Waals surface area contributed by atoms with Gasteiger partial charge in [0, 0.05) is 38.8 Å². The minimum atomic E-state index is -0.410. The molecule has 2 aliphatic rings. The van der Waals surface area contributed by atoms with Crippen LogP contribution in [0.1, 0.15) is 16.7 Å². The van der Waals surface area contributed by atoms with Crippen molar-refractivity contribution in [3.63, 3.8) is 0 Å². The third-order valence-electron chi connectivity index (χ3n) is 6.45. The van der Waals surface area contributed by atoms with Gasteiger partial charge in [-0.2, -0.15) is 5.10 Å². The molecule has 1 amide bonds. The fourth-order valence-corrected chi connectivity index (χ4v) is 4.58. The molecule has 4 aromatic rings. The lowest BCUT2D eigenvalue weighted by Gasteiger charge is -2.25. The summed E-state index contributed by atoms with van der Waals surface area (Å²) in [6.45, 7) is 5.74. The van der Waals surface area contributed by atoms with Crippen LogP contribution in [0, 0.1) is 6.92 Å². The summed E-state index contributed by atoms with van der Waals surface area (Å²) in [5.41, 5.74) is 7.60. The molecule has 0 bridgehead atoms. The molecule has 1 fully saturated rings. The number of benzene rings is 2. The van der Waals surface area contributed by atoms with Gasteiger partial charge in [-0.25, -0.2) is 9.78 Å². The van der Waals surface area contributed by atoms with Crippen LogP contribution in [0.4, 0.5) is 4.79 Å². The van der Waals surface area contributed by atoms with Gasteiger partial charge in [0.25, 0.3) is 0 Å². The lowest BCUT2D eigenvalue weighted by atomic mass is 10.1. The van der Waals surface area contributed by atoms with Crippen LogP contribution in [-0.4, -0.2) is 57.0 Å². The number of fused-ring (bicyclic) bond motifs is 2. The average molecular weight is 459 g/mol. The van der Waals surface area contributed by atoms with Crippen LogP contribution in [-0.2, 0) is 24.9 Å². The third-order valence-corrected chi connectivity index (χ3v) is 6.45. The normalized spacial score (nSPS) is 15.6. The van der Waals surface area contributed by atoms with Crippen molar-refractivity contribution < 1.29 is 14.3 Å². The Balaban J connectivity index is 1.46. The second-order valence-corrected chi connectivity index (χ2v) is 8.81. The smallest absolute Gasteiger partial charge is 0.405 e. The van der Waals surface area contributed by atoms with E-state index in [2.05, 4.69) is 22.4 Å². The van der Waals surface area contributed by atoms with E-state index in [1.807, 2.05) is 38.2 Å². The molecule has 4 heterocycles. The Labute approximate surface area is 196 Å². The van der Waals surface area contributed by atoms with Crippen molar-refractivity contribution in [2.24, 2.45) is 7.05 Å². The second-order valence-electron chi connectivity index (χ2n) is 8.81. The molecule has 174 valence electrons. The van der Waals surface area contributed by atoms with Crippen LogP contribution < -0.4 is 10.1 Å². The van der Waals surface area contributed by atoms with E-state index in [4.69, 9.17) is 19.6 Å². The van der Waals surface area contributed by atoms with E-state index in [9.17, 15) is 4.79 Å². The number of H-pyrrole nitrogens is 1. The van der Waals surface area contributed by atoms with Crippen molar-refractivity contribution >= 4 is 17.1 Å². The van der Waals surface area contributed by atoms with Crippen molar-refractivity contribution in [1.82, 2.24) is 30.0 Å². The zero-order valence-corrected chi connectivity index (χ0v) is 19.2. The largest absolute Gasteiger partial charge is 0.415 e. The highest BCUT2D eigenvalue weighted by atomic mass is 16.6. The van der Waals surface area contributed by atoms with Gasteiger partial charge >= 0.3 is 6.09 Å². The van der Waals surface area contributed by atoms with Crippen LogP contribution in [0.25, 0.3) is 33.8 Å². The van der Waals surface area contributed by atoms with Crippen LogP contribution in [0.5, 0.6) is 5.75 Å². The van der Waals surface area contributed by atoms with Crippen molar-refractivity contribution in [3.8, 4) is 28.5 Å². The first kappa shape index (κ1) is 20.9. The molecule has 0 atom stereocenters. The Kier molecular flexibility index (Phi) is 5.08. The molecular formula is C25H26N6O3. The van der Waals surface area contributed by atoms with Gasteiger partial charge < -0.3 is 24.7 Å². The third kappa shape index (κ3) is 3.63. The first-order valence-electron chi connectivity index (χ1n) is 11.5. The second kappa shape index (κ2) is 8.27. The lowest BCUT2D eigenvalue weighted by Crippen LogP contribution is -2.42. The molecule has 1 saturated heterocycles. The minimum Gasteiger partial charge on any atom is -0.405 e. The molecule has 2 aromatic heterocycles. The van der Waals surface area contributed by atoms with Gasteiger partial charge in [-0.1, -0.05) is 29.8 Å². The van der Waals surface area contributed by atoms with Crippen molar-refractivity contribution in [2.75, 3.05) is 26.3 Å². The predicted octanol–water partition coefficient (Wildman–Crippen LogP) is 3.37. The fraction of sp³-hybridized carbons (Fsp3) is 0.320. The van der Waals surface area contributed by atoms with Crippen molar-refractivity contribution in [1.29, 1.82) is 0 Å². The molecule has 9 heteroatoms. The van der Waals surface area contributed by atoms with Crippen molar-refractivity contribution in [2.45, 2.75) is 20.0 Å². The van der Waals surface area contributed by atoms with Gasteiger partial charge in [0.1, 0.15) is 11.4 Å². The summed E-state index contributed by atoms with van der Waals surface area (Å²) in [6, 6.07) is 12.3. The SMILES string of the molecule is Cc1ccc(-c2nn(C)c(-c3nc4cc5c(cc4[nH]3)CNC5)c2OC(=O)N2CCOCC2)cc1. The number of morpholine rings is 1. The Bertz CT molecular complexity index is 1340. The zero-order valence-electron chi connectivity index (χ0n) is 19.2. The fourth-order valence-electron chi connectivity index (χ4n) is 4.58. The van der Waals surface area contributed by atoms with Gasteiger partial charge in [-0.15, -0.1) is 0 Å². The van der Waals surface area contributed by atoms with E-state index < -0.39 is 6.09 Å². The summed E-state index contributed by atoms with van der Waals surface area (Å²) < 4.78 is 13.1. The highest BCUT2D eigenvalue weighted by molar-refractivity contribution is 5.86. The topological polar surface area (TPSA) is 97.3 Å². The first-order valence-corrected chi connectivity index (χ1v) is 11.5. The zero-order chi connectivity index (χ0) is 23.2. The summed E-state index contributed by atoms with van der Waals surface area (Å²) in [5, 5.41) is 8.11. The number of amides is 1. The number of carbonyl (C=O) groups is 1. The van der Waals surface area contributed by atoms with Gasteiger partial charge in [0.05, 0.1) is 24.2 Å². The number of hydrogen-bond acceptors (Lipinski definition) is 6. The number of nitrogens with zero attached hydrogens (tertiary/aromatic N) is 4. The summed E-state index contributed by atoms with van der Waals surface area (Å²) in [6.07, 6.45) is -0.410. The Morgan fingerprint density at radius 2 is 1.82 bits per heavy atom. The maximum absolute atomic E-state index is 13.1. The number of hydrogen-bond donors (Lipinski definition) is 2. The predicted molar refractivity (Wildman–Crippen MR) is 127 cm³/mol. The first-order chi connectivity index (χ1) is 16.6. The van der Waals surface area contributed by atoms with E-state index in [1.165, 1.54) is 11.1 Å². The molecule has 0 aliphatic carbocycles. The van der Waals surface area contributed by atoms with E-state index in [-0.39, 0.29) is 0 Å². The maximum atomic E-state index is 13.1. The lowest BCUT2D eigenvalue weighted by molar-refractivity contribution is 0.0417. The summed E-state index contributed by atoms with van der Waals surface area (Å²) >= 11 is 0. The van der Waals surface area contributed by atoms with Gasteiger partial charge in [-0.3, -0.25) is 4.68 Å². The number of imidazole rings is 1. The van der Waals surface area contributed by atoms with E-state index in [0.717, 1.165) is 35.2 Å². The molecule has 9 nitrogen and oxygen atoms in total. The highest BCUT2D eigenvalue weighted by Gasteiger charge is 2.28. The van der Waals surface area contributed by atoms with Gasteiger partial charge in [0.2, 0.25) is 0 Å². The number of aromatic amines is 1. The molecule has 0 unspecified atom stereocenters. The molecule has 0 saturated carbocycles. The molecule has 2 aliphatic heterocycles. The summed E-state index contributed by atoms with van der Waals surface area (Å²) in [7, 11) is 1.84. The Morgan fingerprint density at radius 3 is 2.59 bits per heavy atom. The molecule has 2 aromatic carbocycles. The number of rotatable bonds is 3. The Hall–Kier alpha value is -3.69. The van der Waals surface area contributed by atoms with E-state index in [1.54, 1.807) is 9.58 Å². The highest BCUT2D eigenvalue weighted by Crippen LogP contribution is 2.39. The Morgan fingerprint density at radius 1 is 1.09 bits per heavy atom. The summed E-state index contributed by atoms with van der Waals surface area (Å²) in [4.78, 5) is 23.0. The monoisotopic (exact) mass is 458 g/mol. The molecule has 0 spiro atoms.